The van der Waals surface area contributed by atoms with Crippen molar-refractivity contribution >= 4 is 17.4 Å². The predicted molar refractivity (Wildman–Crippen MR) is 55.2 cm³/mol. The summed E-state index contributed by atoms with van der Waals surface area (Å²) in [6.07, 6.45) is 2.35. The predicted octanol–water partition coefficient (Wildman–Crippen LogP) is 2.37. The summed E-state index contributed by atoms with van der Waals surface area (Å²) in [4.78, 5) is 2.08. The van der Waals surface area contributed by atoms with Crippen molar-refractivity contribution in [1.82, 2.24) is 10.2 Å². The molecule has 0 aromatic carbocycles. The maximum atomic E-state index is 5.63. The molecular weight excluding hydrogens is 186 g/mol. The SMILES string of the molecule is CCCCN(C)c1ccc(Cl)nn1. The third-order valence-corrected chi connectivity index (χ3v) is 2.06. The van der Waals surface area contributed by atoms with Gasteiger partial charge in [-0.25, -0.2) is 0 Å². The topological polar surface area (TPSA) is 29.0 Å². The van der Waals surface area contributed by atoms with Gasteiger partial charge in [0.1, 0.15) is 0 Å². The van der Waals surface area contributed by atoms with Crippen LogP contribution in [0.5, 0.6) is 0 Å². The number of hydrogen-bond donors (Lipinski definition) is 0. The number of unbranched alkanes of at least 4 members (excludes halogenated alkanes) is 1. The Morgan fingerprint density at radius 1 is 1.38 bits per heavy atom. The first-order chi connectivity index (χ1) is 6.24. The number of hydrogen-bond acceptors (Lipinski definition) is 3. The number of nitrogens with zero attached hydrogens (tertiary/aromatic N) is 3. The van der Waals surface area contributed by atoms with Crippen molar-refractivity contribution in [2.45, 2.75) is 19.8 Å². The quantitative estimate of drug-likeness (QED) is 0.746. The van der Waals surface area contributed by atoms with Crippen LogP contribution >= 0.6 is 11.6 Å². The van der Waals surface area contributed by atoms with E-state index in [9.17, 15) is 0 Å². The first-order valence-corrected chi connectivity index (χ1v) is 4.82. The molecule has 1 rings (SSSR count). The maximum Gasteiger partial charge on any atom is 0.151 e. The molecule has 0 unspecified atom stereocenters. The second kappa shape index (κ2) is 5.02. The third kappa shape index (κ3) is 3.19. The standard InChI is InChI=1S/C9H14ClN3/c1-3-4-7-13(2)9-6-5-8(10)11-12-9/h5-6H,3-4,7H2,1-2H3. The van der Waals surface area contributed by atoms with Crippen molar-refractivity contribution in [2.75, 3.05) is 18.5 Å². The van der Waals surface area contributed by atoms with Crippen molar-refractivity contribution in [3.05, 3.63) is 17.3 Å². The highest BCUT2D eigenvalue weighted by Crippen LogP contribution is 2.10. The Labute approximate surface area is 83.7 Å². The number of halogens is 1. The van der Waals surface area contributed by atoms with Gasteiger partial charge in [-0.3, -0.25) is 0 Å². The highest BCUT2D eigenvalue weighted by atomic mass is 35.5. The molecular formula is C9H14ClN3. The largest absolute Gasteiger partial charge is 0.358 e. The Bertz CT molecular complexity index is 248. The van der Waals surface area contributed by atoms with Crippen LogP contribution in [-0.2, 0) is 0 Å². The van der Waals surface area contributed by atoms with Gasteiger partial charge < -0.3 is 4.90 Å². The van der Waals surface area contributed by atoms with E-state index in [-0.39, 0.29) is 0 Å². The van der Waals surface area contributed by atoms with Crippen LogP contribution in [-0.4, -0.2) is 23.8 Å². The lowest BCUT2D eigenvalue weighted by Crippen LogP contribution is -2.19. The smallest absolute Gasteiger partial charge is 0.151 e. The van der Waals surface area contributed by atoms with Gasteiger partial charge >= 0.3 is 0 Å². The van der Waals surface area contributed by atoms with Gasteiger partial charge in [-0.2, -0.15) is 0 Å². The van der Waals surface area contributed by atoms with E-state index in [0.29, 0.717) is 5.15 Å². The van der Waals surface area contributed by atoms with Crippen LogP contribution in [0.2, 0.25) is 5.15 Å². The fraction of sp³-hybridized carbons (Fsp3) is 0.556. The summed E-state index contributed by atoms with van der Waals surface area (Å²) in [5.41, 5.74) is 0. The van der Waals surface area contributed by atoms with Gasteiger partial charge in [0, 0.05) is 13.6 Å². The molecule has 0 atom stereocenters. The van der Waals surface area contributed by atoms with Crippen LogP contribution in [0.1, 0.15) is 19.8 Å². The minimum absolute atomic E-state index is 0.438. The molecule has 72 valence electrons. The second-order valence-electron chi connectivity index (χ2n) is 2.99. The molecule has 1 heterocycles. The summed E-state index contributed by atoms with van der Waals surface area (Å²) in [7, 11) is 2.01. The van der Waals surface area contributed by atoms with E-state index in [1.54, 1.807) is 6.07 Å². The van der Waals surface area contributed by atoms with Crippen LogP contribution in [0.25, 0.3) is 0 Å². The van der Waals surface area contributed by atoms with Crippen LogP contribution in [0, 0.1) is 0 Å². The van der Waals surface area contributed by atoms with Crippen LogP contribution in [0.3, 0.4) is 0 Å². The first kappa shape index (κ1) is 10.3. The minimum Gasteiger partial charge on any atom is -0.358 e. The van der Waals surface area contributed by atoms with E-state index in [1.165, 1.54) is 12.8 Å². The summed E-state index contributed by atoms with van der Waals surface area (Å²) in [6, 6.07) is 3.64. The van der Waals surface area contributed by atoms with Crippen LogP contribution in [0.4, 0.5) is 5.82 Å². The highest BCUT2D eigenvalue weighted by molar-refractivity contribution is 6.29. The number of aromatic nitrogens is 2. The zero-order chi connectivity index (χ0) is 9.68. The lowest BCUT2D eigenvalue weighted by molar-refractivity contribution is 0.753. The third-order valence-electron chi connectivity index (χ3n) is 1.86. The fourth-order valence-corrected chi connectivity index (χ4v) is 1.12. The molecule has 0 bridgehead atoms. The Morgan fingerprint density at radius 2 is 2.15 bits per heavy atom. The summed E-state index contributed by atoms with van der Waals surface area (Å²) in [5.74, 6) is 0.873. The Balaban J connectivity index is 2.55. The molecule has 3 nitrogen and oxygen atoms in total. The Morgan fingerprint density at radius 3 is 2.69 bits per heavy atom. The molecule has 1 aromatic rings. The van der Waals surface area contributed by atoms with Gasteiger partial charge in [0.05, 0.1) is 0 Å². The summed E-state index contributed by atoms with van der Waals surface area (Å²) in [5, 5.41) is 8.19. The van der Waals surface area contributed by atoms with Gasteiger partial charge in [-0.1, -0.05) is 24.9 Å². The lowest BCUT2D eigenvalue weighted by Gasteiger charge is -2.16. The molecule has 0 aliphatic heterocycles. The van der Waals surface area contributed by atoms with E-state index < -0.39 is 0 Å². The van der Waals surface area contributed by atoms with Crippen molar-refractivity contribution in [3.8, 4) is 0 Å². The van der Waals surface area contributed by atoms with E-state index in [1.807, 2.05) is 13.1 Å². The molecule has 1 aromatic heterocycles. The molecule has 0 saturated heterocycles. The molecule has 0 aliphatic carbocycles. The van der Waals surface area contributed by atoms with Crippen molar-refractivity contribution < 1.29 is 0 Å². The van der Waals surface area contributed by atoms with Gasteiger partial charge in [0.25, 0.3) is 0 Å². The zero-order valence-electron chi connectivity index (χ0n) is 8.00. The van der Waals surface area contributed by atoms with Crippen molar-refractivity contribution in [2.24, 2.45) is 0 Å². The lowest BCUT2D eigenvalue weighted by atomic mass is 10.3. The summed E-state index contributed by atoms with van der Waals surface area (Å²) < 4.78 is 0. The molecule has 0 radical (unpaired) electrons. The maximum absolute atomic E-state index is 5.63. The Kier molecular flexibility index (Phi) is 3.96. The molecule has 0 aliphatic rings. The minimum atomic E-state index is 0.438. The summed E-state index contributed by atoms with van der Waals surface area (Å²) >= 11 is 5.63. The van der Waals surface area contributed by atoms with E-state index in [0.717, 1.165) is 12.4 Å². The molecule has 0 spiro atoms. The number of anilines is 1. The molecule has 13 heavy (non-hydrogen) atoms. The van der Waals surface area contributed by atoms with Crippen LogP contribution in [0.15, 0.2) is 12.1 Å². The normalized spacial score (nSPS) is 10.1. The second-order valence-corrected chi connectivity index (χ2v) is 3.38. The molecule has 4 heteroatoms. The van der Waals surface area contributed by atoms with Crippen molar-refractivity contribution in [3.63, 3.8) is 0 Å². The van der Waals surface area contributed by atoms with Gasteiger partial charge in [-0.05, 0) is 18.6 Å². The fourth-order valence-electron chi connectivity index (χ4n) is 1.02. The van der Waals surface area contributed by atoms with Gasteiger partial charge in [0.15, 0.2) is 11.0 Å². The molecule has 0 N–H and O–H groups in total. The van der Waals surface area contributed by atoms with Crippen molar-refractivity contribution in [1.29, 1.82) is 0 Å². The van der Waals surface area contributed by atoms with Gasteiger partial charge in [-0.15, -0.1) is 10.2 Å². The van der Waals surface area contributed by atoms with E-state index in [4.69, 9.17) is 11.6 Å². The van der Waals surface area contributed by atoms with E-state index in [2.05, 4.69) is 22.0 Å². The summed E-state index contributed by atoms with van der Waals surface area (Å²) in [6.45, 7) is 3.17. The molecule has 0 saturated carbocycles. The van der Waals surface area contributed by atoms with Gasteiger partial charge in [0.2, 0.25) is 0 Å². The average molecular weight is 200 g/mol. The molecule has 0 fully saturated rings. The Hall–Kier alpha value is -0.830. The monoisotopic (exact) mass is 199 g/mol. The van der Waals surface area contributed by atoms with Crippen LogP contribution < -0.4 is 4.90 Å². The number of rotatable bonds is 4. The average Bonchev–Trinajstić information content (AvgIpc) is 2.15. The molecule has 0 amide bonds. The zero-order valence-corrected chi connectivity index (χ0v) is 8.75. The highest BCUT2D eigenvalue weighted by Gasteiger charge is 2.01. The van der Waals surface area contributed by atoms with E-state index >= 15 is 0 Å². The first-order valence-electron chi connectivity index (χ1n) is 4.44.